The summed E-state index contributed by atoms with van der Waals surface area (Å²) in [7, 11) is 0. The lowest BCUT2D eigenvalue weighted by Crippen LogP contribution is -2.16. The Morgan fingerprint density at radius 3 is 2.64 bits per heavy atom. The fourth-order valence-electron chi connectivity index (χ4n) is 1.20. The first-order valence-corrected chi connectivity index (χ1v) is 4.70. The second kappa shape index (κ2) is 3.42. The van der Waals surface area contributed by atoms with Crippen LogP contribution in [0.5, 0.6) is 0 Å². The summed E-state index contributed by atoms with van der Waals surface area (Å²) in [6, 6.07) is 6.09. The van der Waals surface area contributed by atoms with Crippen molar-refractivity contribution in [2.45, 2.75) is 0 Å². The lowest BCUT2D eigenvalue weighted by atomic mass is 10.3. The first kappa shape index (κ1) is 9.21. The molecule has 2 rings (SSSR count). The summed E-state index contributed by atoms with van der Waals surface area (Å²) in [5.41, 5.74) is -0.146. The predicted molar refractivity (Wildman–Crippen MR) is 54.0 cm³/mol. The van der Waals surface area contributed by atoms with Gasteiger partial charge in [-0.25, -0.2) is 9.18 Å². The van der Waals surface area contributed by atoms with Gasteiger partial charge in [0.05, 0.1) is 5.69 Å². The van der Waals surface area contributed by atoms with Gasteiger partial charge in [-0.3, -0.25) is 4.57 Å². The van der Waals surface area contributed by atoms with Gasteiger partial charge in [0.1, 0.15) is 10.4 Å². The van der Waals surface area contributed by atoms with E-state index in [1.54, 1.807) is 12.1 Å². The third kappa shape index (κ3) is 1.39. The normalized spacial score (nSPS) is 10.4. The summed E-state index contributed by atoms with van der Waals surface area (Å²) in [5, 5.41) is 0. The van der Waals surface area contributed by atoms with Crippen molar-refractivity contribution in [2.75, 3.05) is 0 Å². The quantitative estimate of drug-likeness (QED) is 0.834. The van der Waals surface area contributed by atoms with Crippen LogP contribution in [-0.2, 0) is 0 Å². The van der Waals surface area contributed by atoms with E-state index < -0.39 is 5.82 Å². The van der Waals surface area contributed by atoms with E-state index in [0.29, 0.717) is 4.60 Å². The predicted octanol–water partition coefficient (Wildman–Crippen LogP) is 2.07. The second-order valence-corrected chi connectivity index (χ2v) is 3.52. The Morgan fingerprint density at radius 2 is 2.07 bits per heavy atom. The molecule has 1 aromatic heterocycles. The standard InChI is InChI=1S/C9H6BrFN2O/c10-8-5-12-9(14)13(8)7-4-2-1-3-6(7)11/h1-5H,(H,12,14). The molecule has 5 heteroatoms. The van der Waals surface area contributed by atoms with Crippen molar-refractivity contribution in [3.8, 4) is 5.69 Å². The van der Waals surface area contributed by atoms with E-state index in [4.69, 9.17) is 0 Å². The van der Waals surface area contributed by atoms with Gasteiger partial charge in [0.15, 0.2) is 0 Å². The van der Waals surface area contributed by atoms with Crippen molar-refractivity contribution in [2.24, 2.45) is 0 Å². The molecule has 3 nitrogen and oxygen atoms in total. The van der Waals surface area contributed by atoms with E-state index in [1.807, 2.05) is 0 Å². The van der Waals surface area contributed by atoms with Gasteiger partial charge < -0.3 is 4.98 Å². The van der Waals surface area contributed by atoms with Gasteiger partial charge in [0.2, 0.25) is 0 Å². The molecular weight excluding hydrogens is 251 g/mol. The molecule has 0 saturated heterocycles. The molecule has 0 amide bonds. The molecule has 0 spiro atoms. The zero-order chi connectivity index (χ0) is 10.1. The van der Waals surface area contributed by atoms with Gasteiger partial charge in [-0.05, 0) is 28.1 Å². The minimum absolute atomic E-state index is 0.227. The maximum atomic E-state index is 13.3. The van der Waals surface area contributed by atoms with Crippen LogP contribution >= 0.6 is 15.9 Å². The van der Waals surface area contributed by atoms with Crippen LogP contribution < -0.4 is 5.69 Å². The number of aromatic nitrogens is 2. The molecule has 1 heterocycles. The van der Waals surface area contributed by atoms with Crippen molar-refractivity contribution in [1.82, 2.24) is 9.55 Å². The summed E-state index contributed by atoms with van der Waals surface area (Å²) in [6.45, 7) is 0. The second-order valence-electron chi connectivity index (χ2n) is 2.70. The first-order valence-electron chi connectivity index (χ1n) is 3.91. The van der Waals surface area contributed by atoms with Crippen LogP contribution in [0.15, 0.2) is 39.9 Å². The molecule has 0 bridgehead atoms. The molecule has 0 aliphatic rings. The fourth-order valence-corrected chi connectivity index (χ4v) is 1.67. The number of hydrogen-bond donors (Lipinski definition) is 1. The number of nitrogens with one attached hydrogen (secondary N) is 1. The van der Waals surface area contributed by atoms with Gasteiger partial charge in [-0.15, -0.1) is 0 Å². The average molecular weight is 257 g/mol. The number of halogens is 2. The lowest BCUT2D eigenvalue weighted by Gasteiger charge is -2.03. The number of H-pyrrole nitrogens is 1. The minimum atomic E-state index is -0.435. The van der Waals surface area contributed by atoms with Crippen LogP contribution in [0.3, 0.4) is 0 Å². The van der Waals surface area contributed by atoms with Gasteiger partial charge >= 0.3 is 5.69 Å². The Kier molecular flexibility index (Phi) is 2.25. The molecule has 0 radical (unpaired) electrons. The molecular formula is C9H6BrFN2O. The average Bonchev–Trinajstić information content (AvgIpc) is 2.48. The largest absolute Gasteiger partial charge is 0.331 e. The summed E-state index contributed by atoms with van der Waals surface area (Å²) in [4.78, 5) is 13.8. The summed E-state index contributed by atoms with van der Waals surface area (Å²) < 4.78 is 15.0. The monoisotopic (exact) mass is 256 g/mol. The molecule has 0 unspecified atom stereocenters. The molecule has 0 saturated carbocycles. The molecule has 1 aromatic carbocycles. The van der Waals surface area contributed by atoms with Crippen molar-refractivity contribution in [3.63, 3.8) is 0 Å². The van der Waals surface area contributed by atoms with Crippen LogP contribution in [0.1, 0.15) is 0 Å². The number of rotatable bonds is 1. The Morgan fingerprint density at radius 1 is 1.36 bits per heavy atom. The van der Waals surface area contributed by atoms with Crippen molar-refractivity contribution >= 4 is 15.9 Å². The van der Waals surface area contributed by atoms with E-state index in [-0.39, 0.29) is 11.4 Å². The van der Waals surface area contributed by atoms with E-state index >= 15 is 0 Å². The Labute approximate surface area is 87.3 Å². The zero-order valence-electron chi connectivity index (χ0n) is 7.00. The molecule has 14 heavy (non-hydrogen) atoms. The van der Waals surface area contributed by atoms with Crippen molar-refractivity contribution in [3.05, 3.63) is 51.4 Å². The van der Waals surface area contributed by atoms with Gasteiger partial charge in [-0.1, -0.05) is 12.1 Å². The zero-order valence-corrected chi connectivity index (χ0v) is 8.58. The fraction of sp³-hybridized carbons (Fsp3) is 0. The number of para-hydroxylation sites is 1. The smallest absolute Gasteiger partial charge is 0.311 e. The topological polar surface area (TPSA) is 37.8 Å². The van der Waals surface area contributed by atoms with Crippen LogP contribution in [0.2, 0.25) is 0 Å². The SMILES string of the molecule is O=c1[nH]cc(Br)n1-c1ccccc1F. The molecule has 0 fully saturated rings. The first-order chi connectivity index (χ1) is 6.70. The van der Waals surface area contributed by atoms with Crippen molar-refractivity contribution < 1.29 is 4.39 Å². The maximum Gasteiger partial charge on any atom is 0.331 e. The Balaban J connectivity index is 2.72. The number of hydrogen-bond acceptors (Lipinski definition) is 1. The van der Waals surface area contributed by atoms with E-state index in [1.165, 1.54) is 22.9 Å². The van der Waals surface area contributed by atoms with Crippen LogP contribution in [0.25, 0.3) is 5.69 Å². The van der Waals surface area contributed by atoms with Crippen LogP contribution in [0.4, 0.5) is 4.39 Å². The van der Waals surface area contributed by atoms with Gasteiger partial charge in [0.25, 0.3) is 0 Å². The highest BCUT2D eigenvalue weighted by atomic mass is 79.9. The lowest BCUT2D eigenvalue weighted by molar-refractivity contribution is 0.615. The summed E-state index contributed by atoms with van der Waals surface area (Å²) >= 11 is 3.15. The summed E-state index contributed by atoms with van der Waals surface area (Å²) in [6.07, 6.45) is 1.47. The van der Waals surface area contributed by atoms with Crippen molar-refractivity contribution in [1.29, 1.82) is 0 Å². The number of aromatic amines is 1. The molecule has 2 aromatic rings. The maximum absolute atomic E-state index is 13.3. The third-order valence-corrected chi connectivity index (χ3v) is 2.41. The number of nitrogens with zero attached hydrogens (tertiary/aromatic N) is 1. The highest BCUT2D eigenvalue weighted by Gasteiger charge is 2.09. The number of benzene rings is 1. The number of imidazole rings is 1. The molecule has 0 aliphatic heterocycles. The van der Waals surface area contributed by atoms with Gasteiger partial charge in [0, 0.05) is 6.20 Å². The van der Waals surface area contributed by atoms with E-state index in [0.717, 1.165) is 0 Å². The highest BCUT2D eigenvalue weighted by molar-refractivity contribution is 9.10. The minimum Gasteiger partial charge on any atom is -0.311 e. The van der Waals surface area contributed by atoms with Crippen LogP contribution in [-0.4, -0.2) is 9.55 Å². The van der Waals surface area contributed by atoms with Crippen LogP contribution in [0, 0.1) is 5.82 Å². The third-order valence-electron chi connectivity index (χ3n) is 1.82. The molecule has 1 N–H and O–H groups in total. The molecule has 72 valence electrons. The Bertz CT molecular complexity index is 518. The molecule has 0 atom stereocenters. The highest BCUT2D eigenvalue weighted by Crippen LogP contribution is 2.15. The van der Waals surface area contributed by atoms with E-state index in [2.05, 4.69) is 20.9 Å². The van der Waals surface area contributed by atoms with E-state index in [9.17, 15) is 9.18 Å². The Hall–Kier alpha value is -1.36. The molecule has 0 aliphatic carbocycles. The summed E-state index contributed by atoms with van der Waals surface area (Å²) in [5.74, 6) is -0.435. The van der Waals surface area contributed by atoms with Gasteiger partial charge in [-0.2, -0.15) is 0 Å².